The lowest BCUT2D eigenvalue weighted by Crippen LogP contribution is -2.22. The van der Waals surface area contributed by atoms with E-state index in [4.69, 9.17) is 9.84 Å². The van der Waals surface area contributed by atoms with Crippen LogP contribution in [0.15, 0.2) is 108 Å². The van der Waals surface area contributed by atoms with E-state index in [-0.39, 0.29) is 11.8 Å². The third-order valence-corrected chi connectivity index (χ3v) is 7.20. The second kappa shape index (κ2) is 11.1. The van der Waals surface area contributed by atoms with Gasteiger partial charge in [-0.25, -0.2) is 0 Å². The average Bonchev–Trinajstić information content (AvgIpc) is 3.06. The van der Waals surface area contributed by atoms with Gasteiger partial charge in [0.25, 0.3) is 0 Å². The number of rotatable bonds is 8. The SMILES string of the molecule is C=C(C)/C=C/C1=C(Oc2ccc(CCC(=O)O)cc2)C(=C/C=C2/N(C)c3ccccc3C2(C)C)/CCC1. The number of para-hydroxylation sites is 1. The number of hydrogen-bond acceptors (Lipinski definition) is 3. The summed E-state index contributed by atoms with van der Waals surface area (Å²) in [6.07, 6.45) is 12.2. The van der Waals surface area contributed by atoms with Crippen LogP contribution >= 0.6 is 0 Å². The molecule has 0 aromatic heterocycles. The summed E-state index contributed by atoms with van der Waals surface area (Å²) in [5.41, 5.74) is 8.09. The molecule has 4 nitrogen and oxygen atoms in total. The van der Waals surface area contributed by atoms with E-state index in [1.807, 2.05) is 37.3 Å². The van der Waals surface area contributed by atoms with Crippen molar-refractivity contribution in [3.63, 3.8) is 0 Å². The van der Waals surface area contributed by atoms with Crippen LogP contribution in [0.1, 0.15) is 57.6 Å². The minimum Gasteiger partial charge on any atom is -0.481 e. The van der Waals surface area contributed by atoms with E-state index >= 15 is 0 Å². The van der Waals surface area contributed by atoms with Crippen molar-refractivity contribution >= 4 is 11.7 Å². The highest BCUT2D eigenvalue weighted by atomic mass is 16.5. The molecule has 37 heavy (non-hydrogen) atoms. The molecule has 1 aliphatic carbocycles. The molecule has 0 fully saturated rings. The van der Waals surface area contributed by atoms with Crippen LogP contribution in [0.25, 0.3) is 0 Å². The molecule has 1 N–H and O–H groups in total. The molecule has 0 saturated heterocycles. The molecule has 0 bridgehead atoms. The zero-order valence-electron chi connectivity index (χ0n) is 22.4. The Kier molecular flexibility index (Phi) is 7.87. The Balaban J connectivity index is 1.68. The van der Waals surface area contributed by atoms with Gasteiger partial charge in [-0.1, -0.05) is 74.6 Å². The van der Waals surface area contributed by atoms with Gasteiger partial charge in [-0.15, -0.1) is 0 Å². The van der Waals surface area contributed by atoms with Gasteiger partial charge in [-0.05, 0) is 79.2 Å². The van der Waals surface area contributed by atoms with E-state index in [2.05, 4.69) is 74.9 Å². The monoisotopic (exact) mass is 495 g/mol. The van der Waals surface area contributed by atoms with Crippen LogP contribution in [0, 0.1) is 0 Å². The lowest BCUT2D eigenvalue weighted by molar-refractivity contribution is -0.136. The maximum absolute atomic E-state index is 10.9. The molecule has 2 aromatic rings. The van der Waals surface area contributed by atoms with E-state index in [1.165, 1.54) is 22.5 Å². The Morgan fingerprint density at radius 3 is 2.51 bits per heavy atom. The number of aryl methyl sites for hydroxylation is 1. The van der Waals surface area contributed by atoms with Gasteiger partial charge in [0.15, 0.2) is 0 Å². The Labute approximate surface area is 221 Å². The maximum atomic E-state index is 10.9. The quantitative estimate of drug-likeness (QED) is 0.378. The lowest BCUT2D eigenvalue weighted by Gasteiger charge is -2.25. The number of anilines is 1. The zero-order chi connectivity index (χ0) is 26.6. The number of ether oxygens (including phenoxy) is 1. The predicted molar refractivity (Wildman–Crippen MR) is 152 cm³/mol. The van der Waals surface area contributed by atoms with Gasteiger partial charge in [-0.2, -0.15) is 0 Å². The van der Waals surface area contributed by atoms with E-state index in [0.29, 0.717) is 6.42 Å². The van der Waals surface area contributed by atoms with Gasteiger partial charge in [0.1, 0.15) is 11.5 Å². The molecule has 0 atom stereocenters. The highest BCUT2D eigenvalue weighted by molar-refractivity contribution is 5.70. The largest absolute Gasteiger partial charge is 0.481 e. The fourth-order valence-electron chi connectivity index (χ4n) is 5.17. The average molecular weight is 496 g/mol. The number of benzene rings is 2. The lowest BCUT2D eigenvalue weighted by atomic mass is 9.83. The molecule has 4 rings (SSSR count). The van der Waals surface area contributed by atoms with Crippen LogP contribution in [-0.4, -0.2) is 18.1 Å². The van der Waals surface area contributed by atoms with E-state index in [0.717, 1.165) is 47.5 Å². The number of carboxylic acid groups (broad SMARTS) is 1. The maximum Gasteiger partial charge on any atom is 0.303 e. The van der Waals surface area contributed by atoms with Crippen molar-refractivity contribution in [2.45, 2.75) is 58.3 Å². The second-order valence-corrected chi connectivity index (χ2v) is 10.5. The number of aliphatic carboxylic acids is 1. The molecule has 1 heterocycles. The van der Waals surface area contributed by atoms with Crippen LogP contribution in [-0.2, 0) is 16.6 Å². The Hall–Kier alpha value is -3.79. The minimum absolute atomic E-state index is 0.0870. The van der Waals surface area contributed by atoms with Crippen molar-refractivity contribution in [1.29, 1.82) is 0 Å². The number of nitrogens with zero attached hydrogens (tertiary/aromatic N) is 1. The van der Waals surface area contributed by atoms with Crippen LogP contribution in [0.2, 0.25) is 0 Å². The standard InChI is InChI=1S/C33H37NO3/c1-23(2)13-17-25-9-8-10-26(32(25)37-27-19-14-24(15-20-27)16-22-31(35)36)18-21-30-33(3,4)28-11-6-7-12-29(28)34(30)5/h6-7,11-15,17-21H,1,8-10,16,22H2,2-5H3,(H,35,36)/b17-13+,26-18+,30-21+. The van der Waals surface area contributed by atoms with Gasteiger partial charge < -0.3 is 14.7 Å². The molecular formula is C33H37NO3. The summed E-state index contributed by atoms with van der Waals surface area (Å²) in [5.74, 6) is 0.862. The van der Waals surface area contributed by atoms with Crippen LogP contribution in [0.4, 0.5) is 5.69 Å². The molecule has 2 aliphatic rings. The first-order valence-corrected chi connectivity index (χ1v) is 13.0. The summed E-state index contributed by atoms with van der Waals surface area (Å²) < 4.78 is 6.52. The van der Waals surface area contributed by atoms with Crippen LogP contribution < -0.4 is 9.64 Å². The fraction of sp³-hybridized carbons (Fsp3) is 0.303. The summed E-state index contributed by atoms with van der Waals surface area (Å²) in [4.78, 5) is 13.2. The predicted octanol–water partition coefficient (Wildman–Crippen LogP) is 7.89. The van der Waals surface area contributed by atoms with Gasteiger partial charge in [-0.3, -0.25) is 4.79 Å². The van der Waals surface area contributed by atoms with Crippen molar-refractivity contribution in [2.75, 3.05) is 11.9 Å². The second-order valence-electron chi connectivity index (χ2n) is 10.5. The number of carboxylic acids is 1. The highest BCUT2D eigenvalue weighted by Gasteiger charge is 2.37. The molecule has 0 saturated carbocycles. The number of carbonyl (C=O) groups is 1. The molecule has 0 unspecified atom stereocenters. The molecule has 1 aliphatic heterocycles. The van der Waals surface area contributed by atoms with Crippen molar-refractivity contribution in [3.8, 4) is 5.75 Å². The van der Waals surface area contributed by atoms with Crippen molar-refractivity contribution in [3.05, 3.63) is 119 Å². The van der Waals surface area contributed by atoms with Crippen molar-refractivity contribution < 1.29 is 14.6 Å². The molecule has 4 heteroatoms. The summed E-state index contributed by atoms with van der Waals surface area (Å²) in [6.45, 7) is 10.6. The molecule has 2 aromatic carbocycles. The Morgan fingerprint density at radius 1 is 1.11 bits per heavy atom. The van der Waals surface area contributed by atoms with Gasteiger partial charge >= 0.3 is 5.97 Å². The van der Waals surface area contributed by atoms with Crippen LogP contribution in [0.5, 0.6) is 5.75 Å². The van der Waals surface area contributed by atoms with Gasteiger partial charge in [0.2, 0.25) is 0 Å². The number of allylic oxidation sites excluding steroid dienone is 8. The summed E-state index contributed by atoms with van der Waals surface area (Å²) in [7, 11) is 2.14. The smallest absolute Gasteiger partial charge is 0.303 e. The van der Waals surface area contributed by atoms with Crippen LogP contribution in [0.3, 0.4) is 0 Å². The first-order valence-electron chi connectivity index (χ1n) is 13.0. The normalized spacial score (nSPS) is 19.1. The highest BCUT2D eigenvalue weighted by Crippen LogP contribution is 2.46. The third-order valence-electron chi connectivity index (χ3n) is 7.20. The van der Waals surface area contributed by atoms with Crippen molar-refractivity contribution in [2.24, 2.45) is 0 Å². The zero-order valence-corrected chi connectivity index (χ0v) is 22.4. The Morgan fingerprint density at radius 2 is 1.84 bits per heavy atom. The summed E-state index contributed by atoms with van der Waals surface area (Å²) >= 11 is 0. The Bertz CT molecular complexity index is 1310. The molecule has 0 amide bonds. The van der Waals surface area contributed by atoms with Crippen molar-refractivity contribution in [1.82, 2.24) is 0 Å². The summed E-state index contributed by atoms with van der Waals surface area (Å²) in [6, 6.07) is 16.4. The summed E-state index contributed by atoms with van der Waals surface area (Å²) in [5, 5.41) is 8.97. The fourth-order valence-corrected chi connectivity index (χ4v) is 5.17. The number of fused-ring (bicyclic) bond motifs is 1. The number of hydrogen-bond donors (Lipinski definition) is 1. The molecule has 0 spiro atoms. The first kappa shape index (κ1) is 26.3. The molecular weight excluding hydrogens is 458 g/mol. The van der Waals surface area contributed by atoms with E-state index in [1.54, 1.807) is 0 Å². The minimum atomic E-state index is -0.787. The molecule has 0 radical (unpaired) electrons. The molecule has 192 valence electrons. The number of likely N-dealkylation sites (N-methyl/N-ethyl adjacent to an activating group) is 1. The van der Waals surface area contributed by atoms with E-state index in [9.17, 15) is 4.79 Å². The van der Waals surface area contributed by atoms with E-state index < -0.39 is 5.97 Å². The third kappa shape index (κ3) is 5.96. The van der Waals surface area contributed by atoms with Gasteiger partial charge in [0.05, 0.1) is 0 Å². The topological polar surface area (TPSA) is 49.8 Å². The first-order chi connectivity index (χ1) is 17.7. The van der Waals surface area contributed by atoms with Gasteiger partial charge in [0, 0.05) is 30.3 Å².